The predicted octanol–water partition coefficient (Wildman–Crippen LogP) is 3.15. The third kappa shape index (κ3) is 4.16. The molecule has 1 aliphatic rings. The lowest BCUT2D eigenvalue weighted by molar-refractivity contribution is 0.0761. The molecular formula is C19H23N3OS. The molecule has 1 aliphatic heterocycles. The molecule has 0 atom stereocenters. The molecular weight excluding hydrogens is 318 g/mol. The Balaban J connectivity index is 1.62. The van der Waals surface area contributed by atoms with Crippen LogP contribution in [-0.2, 0) is 6.54 Å². The second-order valence-corrected chi connectivity index (χ2v) is 6.82. The molecule has 24 heavy (non-hydrogen) atoms. The van der Waals surface area contributed by atoms with Crippen molar-refractivity contribution in [3.05, 3.63) is 59.9 Å². The molecule has 1 aromatic carbocycles. The number of aromatic nitrogens is 1. The maximum atomic E-state index is 12.6. The Morgan fingerprint density at radius 3 is 2.67 bits per heavy atom. The molecule has 4 nitrogen and oxygen atoms in total. The monoisotopic (exact) mass is 341 g/mol. The average Bonchev–Trinajstić information content (AvgIpc) is 2.88. The van der Waals surface area contributed by atoms with Gasteiger partial charge in [0.25, 0.3) is 5.91 Å². The number of benzene rings is 1. The summed E-state index contributed by atoms with van der Waals surface area (Å²) in [5.74, 6) is 0.115. The van der Waals surface area contributed by atoms with E-state index in [1.807, 2.05) is 4.90 Å². The zero-order valence-corrected chi connectivity index (χ0v) is 14.8. The van der Waals surface area contributed by atoms with Crippen LogP contribution in [0.3, 0.4) is 0 Å². The number of pyridine rings is 1. The van der Waals surface area contributed by atoms with E-state index in [0.29, 0.717) is 0 Å². The van der Waals surface area contributed by atoms with Gasteiger partial charge in [0.2, 0.25) is 0 Å². The van der Waals surface area contributed by atoms with Crippen LogP contribution in [0.4, 0.5) is 0 Å². The molecule has 0 aliphatic carbocycles. The number of nitrogens with zero attached hydrogens (tertiary/aromatic N) is 3. The quantitative estimate of drug-likeness (QED) is 0.801. The highest BCUT2D eigenvalue weighted by Gasteiger charge is 2.20. The molecule has 126 valence electrons. The number of rotatable bonds is 4. The molecule has 0 saturated carbocycles. The van der Waals surface area contributed by atoms with Crippen LogP contribution >= 0.6 is 11.8 Å². The molecule has 0 N–H and O–H groups in total. The fourth-order valence-corrected chi connectivity index (χ4v) is 3.69. The van der Waals surface area contributed by atoms with Crippen molar-refractivity contribution in [2.45, 2.75) is 17.9 Å². The highest BCUT2D eigenvalue weighted by atomic mass is 32.2. The van der Waals surface area contributed by atoms with Gasteiger partial charge < -0.3 is 4.90 Å². The fourth-order valence-electron chi connectivity index (χ4n) is 3.08. The van der Waals surface area contributed by atoms with Crippen LogP contribution in [0.5, 0.6) is 0 Å². The molecule has 0 spiro atoms. The van der Waals surface area contributed by atoms with Crippen molar-refractivity contribution in [3.8, 4) is 0 Å². The van der Waals surface area contributed by atoms with E-state index in [1.165, 1.54) is 10.5 Å². The lowest BCUT2D eigenvalue weighted by Gasteiger charge is -2.22. The van der Waals surface area contributed by atoms with Crippen LogP contribution in [0.1, 0.15) is 22.3 Å². The lowest BCUT2D eigenvalue weighted by atomic mass is 10.2. The summed E-state index contributed by atoms with van der Waals surface area (Å²) in [4.78, 5) is 22.3. The predicted molar refractivity (Wildman–Crippen MR) is 98.3 cm³/mol. The second kappa shape index (κ2) is 8.31. The zero-order valence-electron chi connectivity index (χ0n) is 14.0. The summed E-state index contributed by atoms with van der Waals surface area (Å²) in [5.41, 5.74) is 2.10. The number of thioether (sulfide) groups is 1. The van der Waals surface area contributed by atoms with E-state index in [0.717, 1.165) is 44.7 Å². The highest BCUT2D eigenvalue weighted by molar-refractivity contribution is 7.98. The van der Waals surface area contributed by atoms with Crippen LogP contribution in [0.25, 0.3) is 0 Å². The van der Waals surface area contributed by atoms with Gasteiger partial charge in [0.1, 0.15) is 0 Å². The average molecular weight is 341 g/mol. The molecule has 1 aromatic heterocycles. The molecule has 2 aromatic rings. The smallest absolute Gasteiger partial charge is 0.254 e. The molecule has 1 fully saturated rings. The van der Waals surface area contributed by atoms with E-state index in [4.69, 9.17) is 0 Å². The van der Waals surface area contributed by atoms with Gasteiger partial charge in [-0.3, -0.25) is 14.7 Å². The highest BCUT2D eigenvalue weighted by Crippen LogP contribution is 2.22. The molecule has 0 unspecified atom stereocenters. The third-order valence-electron chi connectivity index (χ3n) is 4.39. The first-order valence-corrected chi connectivity index (χ1v) is 9.54. The van der Waals surface area contributed by atoms with Crippen molar-refractivity contribution < 1.29 is 4.79 Å². The lowest BCUT2D eigenvalue weighted by Crippen LogP contribution is -2.35. The van der Waals surface area contributed by atoms with E-state index in [9.17, 15) is 4.79 Å². The van der Waals surface area contributed by atoms with Gasteiger partial charge >= 0.3 is 0 Å². The number of carbonyl (C=O) groups is 1. The Labute approximate surface area is 147 Å². The van der Waals surface area contributed by atoms with Crippen LogP contribution in [0, 0.1) is 0 Å². The topological polar surface area (TPSA) is 36.4 Å². The van der Waals surface area contributed by atoms with Gasteiger partial charge in [0.15, 0.2) is 0 Å². The number of carbonyl (C=O) groups excluding carboxylic acids is 1. The van der Waals surface area contributed by atoms with Crippen LogP contribution in [-0.4, -0.2) is 53.1 Å². The van der Waals surface area contributed by atoms with Crippen LogP contribution in [0.2, 0.25) is 0 Å². The zero-order chi connectivity index (χ0) is 16.8. The second-order valence-electron chi connectivity index (χ2n) is 5.97. The summed E-state index contributed by atoms with van der Waals surface area (Å²) in [6, 6.07) is 12.2. The summed E-state index contributed by atoms with van der Waals surface area (Å²) >= 11 is 1.79. The molecule has 1 saturated heterocycles. The largest absolute Gasteiger partial charge is 0.337 e. The summed E-state index contributed by atoms with van der Waals surface area (Å²) in [6.45, 7) is 4.50. The normalized spacial score (nSPS) is 16.0. The number of amides is 1. The molecule has 1 amide bonds. The van der Waals surface area contributed by atoms with Crippen molar-refractivity contribution in [2.75, 3.05) is 32.4 Å². The Hall–Kier alpha value is -1.85. The minimum absolute atomic E-state index is 0.115. The Morgan fingerprint density at radius 1 is 1.08 bits per heavy atom. The van der Waals surface area contributed by atoms with E-state index < -0.39 is 0 Å². The SMILES string of the molecule is CSc1ccccc1CN1CCCN(C(=O)c2ccncc2)CC1. The van der Waals surface area contributed by atoms with E-state index >= 15 is 0 Å². The first-order chi connectivity index (χ1) is 11.8. The van der Waals surface area contributed by atoms with Gasteiger partial charge in [-0.25, -0.2) is 0 Å². The molecule has 0 radical (unpaired) electrons. The maximum Gasteiger partial charge on any atom is 0.254 e. The van der Waals surface area contributed by atoms with Gasteiger partial charge in [-0.1, -0.05) is 18.2 Å². The summed E-state index contributed by atoms with van der Waals surface area (Å²) in [6.07, 6.45) is 6.49. The standard InChI is InChI=1S/C19H23N3OS/c1-24-18-6-3-2-5-17(18)15-21-11-4-12-22(14-13-21)19(23)16-7-9-20-10-8-16/h2-3,5-10H,4,11-15H2,1H3. The number of hydrogen-bond donors (Lipinski definition) is 0. The Bertz CT molecular complexity index is 677. The molecule has 0 bridgehead atoms. The van der Waals surface area contributed by atoms with E-state index in [2.05, 4.69) is 40.4 Å². The van der Waals surface area contributed by atoms with E-state index in [1.54, 1.807) is 36.3 Å². The summed E-state index contributed by atoms with van der Waals surface area (Å²) in [7, 11) is 0. The van der Waals surface area contributed by atoms with Gasteiger partial charge in [-0.15, -0.1) is 11.8 Å². The first kappa shape index (κ1) is 17.0. The Kier molecular flexibility index (Phi) is 5.88. The summed E-state index contributed by atoms with van der Waals surface area (Å²) in [5, 5.41) is 0. The van der Waals surface area contributed by atoms with Gasteiger partial charge in [-0.05, 0) is 36.4 Å². The molecule has 5 heteroatoms. The van der Waals surface area contributed by atoms with Crippen molar-refractivity contribution in [1.29, 1.82) is 0 Å². The number of hydrogen-bond acceptors (Lipinski definition) is 4. The summed E-state index contributed by atoms with van der Waals surface area (Å²) < 4.78 is 0. The maximum absolute atomic E-state index is 12.6. The van der Waals surface area contributed by atoms with Crippen molar-refractivity contribution in [1.82, 2.24) is 14.8 Å². The third-order valence-corrected chi connectivity index (χ3v) is 5.23. The van der Waals surface area contributed by atoms with Crippen molar-refractivity contribution in [3.63, 3.8) is 0 Å². The van der Waals surface area contributed by atoms with Gasteiger partial charge in [-0.2, -0.15) is 0 Å². The minimum atomic E-state index is 0.115. The van der Waals surface area contributed by atoms with Crippen LogP contribution in [0.15, 0.2) is 53.7 Å². The van der Waals surface area contributed by atoms with Crippen molar-refractivity contribution >= 4 is 17.7 Å². The van der Waals surface area contributed by atoms with E-state index in [-0.39, 0.29) is 5.91 Å². The van der Waals surface area contributed by atoms with Gasteiger partial charge in [0.05, 0.1) is 0 Å². The van der Waals surface area contributed by atoms with Crippen molar-refractivity contribution in [2.24, 2.45) is 0 Å². The first-order valence-electron chi connectivity index (χ1n) is 8.31. The molecule has 2 heterocycles. The molecule has 3 rings (SSSR count). The fraction of sp³-hybridized carbons (Fsp3) is 0.368. The van der Waals surface area contributed by atoms with Crippen LogP contribution < -0.4 is 0 Å². The Morgan fingerprint density at radius 2 is 1.88 bits per heavy atom. The minimum Gasteiger partial charge on any atom is -0.337 e. The van der Waals surface area contributed by atoms with Gasteiger partial charge in [0, 0.05) is 55.6 Å².